The lowest BCUT2D eigenvalue weighted by Gasteiger charge is -2.27. The fourth-order valence-electron chi connectivity index (χ4n) is 3.33. The number of hydrogen-bond acceptors (Lipinski definition) is 4. The largest absolute Gasteiger partial charge is 0.298 e. The van der Waals surface area contributed by atoms with Gasteiger partial charge >= 0.3 is 0 Å². The van der Waals surface area contributed by atoms with Gasteiger partial charge < -0.3 is 0 Å². The molecule has 0 radical (unpaired) electrons. The highest BCUT2D eigenvalue weighted by Gasteiger charge is 2.37. The predicted molar refractivity (Wildman–Crippen MR) is 89.0 cm³/mol. The van der Waals surface area contributed by atoms with Crippen molar-refractivity contribution in [3.8, 4) is 0 Å². The summed E-state index contributed by atoms with van der Waals surface area (Å²) in [5.74, 6) is -1.04. The summed E-state index contributed by atoms with van der Waals surface area (Å²) in [6.07, 6.45) is 0.561. The van der Waals surface area contributed by atoms with Crippen molar-refractivity contribution in [1.82, 2.24) is 0 Å². The van der Waals surface area contributed by atoms with E-state index in [1.807, 2.05) is 31.2 Å². The molecule has 0 saturated heterocycles. The number of nitrogens with zero attached hydrogens (tertiary/aromatic N) is 1. The van der Waals surface area contributed by atoms with Gasteiger partial charge in [-0.3, -0.25) is 19.7 Å². The van der Waals surface area contributed by atoms with Crippen LogP contribution in [0.5, 0.6) is 0 Å². The zero-order valence-corrected chi connectivity index (χ0v) is 13.3. The van der Waals surface area contributed by atoms with Crippen LogP contribution in [-0.2, 0) is 9.59 Å². The number of aryl methyl sites for hydroxylation is 1. The highest BCUT2D eigenvalue weighted by atomic mass is 16.6. The number of nitro groups is 1. The standard InChI is InChI=1S/C19H17NO4/c1-12-4-2-3-5-16(12)19-17(21)10-14(11-18(19)22)13-6-8-15(9-7-13)20(23)24/h2-9,14,19H,10-11H2,1H3. The summed E-state index contributed by atoms with van der Waals surface area (Å²) in [6.45, 7) is 1.90. The number of nitro benzene ring substituents is 1. The van der Waals surface area contributed by atoms with Crippen LogP contribution in [0.15, 0.2) is 48.5 Å². The molecule has 0 atom stereocenters. The number of carbonyl (C=O) groups excluding carboxylic acids is 2. The maximum absolute atomic E-state index is 12.6. The van der Waals surface area contributed by atoms with Gasteiger partial charge in [-0.2, -0.15) is 0 Å². The molecule has 0 bridgehead atoms. The molecule has 5 nitrogen and oxygen atoms in total. The molecule has 1 aliphatic carbocycles. The summed E-state index contributed by atoms with van der Waals surface area (Å²) in [4.78, 5) is 35.4. The summed E-state index contributed by atoms with van der Waals surface area (Å²) in [6, 6.07) is 13.6. The third kappa shape index (κ3) is 2.97. The number of non-ortho nitro benzene ring substituents is 1. The van der Waals surface area contributed by atoms with E-state index in [9.17, 15) is 19.7 Å². The smallest absolute Gasteiger partial charge is 0.269 e. The SMILES string of the molecule is Cc1ccccc1C1C(=O)CC(c2ccc([N+](=O)[O-])cc2)CC1=O. The van der Waals surface area contributed by atoms with Crippen LogP contribution in [0, 0.1) is 17.0 Å². The number of Topliss-reactive ketones (excluding diaryl/α,β-unsaturated/α-hetero) is 2. The van der Waals surface area contributed by atoms with Crippen LogP contribution in [0.25, 0.3) is 0 Å². The molecule has 1 aliphatic rings. The van der Waals surface area contributed by atoms with Crippen molar-refractivity contribution in [2.75, 3.05) is 0 Å². The average Bonchev–Trinajstić information content (AvgIpc) is 2.56. The van der Waals surface area contributed by atoms with Crippen LogP contribution in [-0.4, -0.2) is 16.5 Å². The Kier molecular flexibility index (Phi) is 4.25. The zero-order chi connectivity index (χ0) is 17.3. The van der Waals surface area contributed by atoms with Crippen molar-refractivity contribution >= 4 is 17.3 Å². The minimum Gasteiger partial charge on any atom is -0.298 e. The molecule has 0 aromatic heterocycles. The van der Waals surface area contributed by atoms with E-state index in [0.29, 0.717) is 0 Å². The van der Waals surface area contributed by atoms with Crippen LogP contribution < -0.4 is 0 Å². The van der Waals surface area contributed by atoms with Gasteiger partial charge in [0, 0.05) is 25.0 Å². The molecule has 2 aromatic carbocycles. The fraction of sp³-hybridized carbons (Fsp3) is 0.263. The molecule has 1 fully saturated rings. The molecule has 2 aromatic rings. The minimum atomic E-state index is -0.680. The average molecular weight is 323 g/mol. The van der Waals surface area contributed by atoms with Gasteiger partial charge in [-0.05, 0) is 29.5 Å². The Bertz CT molecular complexity index is 792. The van der Waals surface area contributed by atoms with Gasteiger partial charge in [-0.15, -0.1) is 0 Å². The molecular weight excluding hydrogens is 306 g/mol. The second-order valence-electron chi connectivity index (χ2n) is 6.18. The van der Waals surface area contributed by atoms with Crippen LogP contribution >= 0.6 is 0 Å². The Morgan fingerprint density at radius 1 is 0.958 bits per heavy atom. The lowest BCUT2D eigenvalue weighted by molar-refractivity contribution is -0.384. The second kappa shape index (κ2) is 6.35. The Labute approximate surface area is 139 Å². The van der Waals surface area contributed by atoms with E-state index in [2.05, 4.69) is 0 Å². The molecule has 0 spiro atoms. The third-order valence-electron chi connectivity index (χ3n) is 4.61. The highest BCUT2D eigenvalue weighted by molar-refractivity contribution is 6.10. The summed E-state index contributed by atoms with van der Waals surface area (Å²) in [7, 11) is 0. The second-order valence-corrected chi connectivity index (χ2v) is 6.18. The molecule has 0 aliphatic heterocycles. The number of hydrogen-bond donors (Lipinski definition) is 0. The zero-order valence-electron chi connectivity index (χ0n) is 13.3. The first-order chi connectivity index (χ1) is 11.5. The maximum Gasteiger partial charge on any atom is 0.269 e. The monoisotopic (exact) mass is 323 g/mol. The van der Waals surface area contributed by atoms with Crippen molar-refractivity contribution < 1.29 is 14.5 Å². The van der Waals surface area contributed by atoms with Crippen LogP contribution in [0.4, 0.5) is 5.69 Å². The normalized spacial score (nSPS) is 20.9. The van der Waals surface area contributed by atoms with Gasteiger partial charge in [0.05, 0.1) is 4.92 Å². The van der Waals surface area contributed by atoms with Gasteiger partial charge in [0.15, 0.2) is 0 Å². The molecule has 24 heavy (non-hydrogen) atoms. The first kappa shape index (κ1) is 16.1. The van der Waals surface area contributed by atoms with Crippen LogP contribution in [0.3, 0.4) is 0 Å². The van der Waals surface area contributed by atoms with E-state index in [0.717, 1.165) is 16.7 Å². The van der Waals surface area contributed by atoms with Gasteiger partial charge in [0.1, 0.15) is 17.5 Å². The van der Waals surface area contributed by atoms with E-state index < -0.39 is 10.8 Å². The van der Waals surface area contributed by atoms with Crippen LogP contribution in [0.2, 0.25) is 0 Å². The Hall–Kier alpha value is -2.82. The lowest BCUT2D eigenvalue weighted by atomic mass is 9.73. The van der Waals surface area contributed by atoms with Gasteiger partial charge in [-0.1, -0.05) is 36.4 Å². The number of benzene rings is 2. The minimum absolute atomic E-state index is 0.00463. The molecule has 0 amide bonds. The molecular formula is C19H17NO4. The van der Waals surface area contributed by atoms with E-state index in [4.69, 9.17) is 0 Å². The van der Waals surface area contributed by atoms with E-state index in [-0.39, 0.29) is 36.0 Å². The van der Waals surface area contributed by atoms with Gasteiger partial charge in [0.2, 0.25) is 0 Å². The first-order valence-corrected chi connectivity index (χ1v) is 7.82. The molecule has 3 rings (SSSR count). The van der Waals surface area contributed by atoms with E-state index >= 15 is 0 Å². The van der Waals surface area contributed by atoms with Crippen molar-refractivity contribution in [2.24, 2.45) is 0 Å². The van der Waals surface area contributed by atoms with Crippen LogP contribution in [0.1, 0.15) is 41.4 Å². The Morgan fingerprint density at radius 3 is 2.08 bits per heavy atom. The lowest BCUT2D eigenvalue weighted by Crippen LogP contribution is -2.31. The molecule has 1 saturated carbocycles. The van der Waals surface area contributed by atoms with E-state index in [1.165, 1.54) is 12.1 Å². The summed E-state index contributed by atoms with van der Waals surface area (Å²) in [5, 5.41) is 10.7. The number of rotatable bonds is 3. The molecule has 5 heteroatoms. The fourth-order valence-corrected chi connectivity index (χ4v) is 3.33. The highest BCUT2D eigenvalue weighted by Crippen LogP contribution is 2.37. The summed E-state index contributed by atoms with van der Waals surface area (Å²) in [5.41, 5.74) is 2.53. The maximum atomic E-state index is 12.6. The third-order valence-corrected chi connectivity index (χ3v) is 4.61. The van der Waals surface area contributed by atoms with Gasteiger partial charge in [0.25, 0.3) is 5.69 Å². The quantitative estimate of drug-likeness (QED) is 0.490. The molecule has 0 N–H and O–H groups in total. The number of carbonyl (C=O) groups is 2. The Morgan fingerprint density at radius 2 is 1.54 bits per heavy atom. The topological polar surface area (TPSA) is 77.3 Å². The molecule has 0 unspecified atom stereocenters. The number of ketones is 2. The predicted octanol–water partition coefficient (Wildman–Crippen LogP) is 3.70. The molecule has 122 valence electrons. The summed E-state index contributed by atoms with van der Waals surface area (Å²) < 4.78 is 0. The van der Waals surface area contributed by atoms with Crippen molar-refractivity contribution in [3.05, 3.63) is 75.3 Å². The Balaban J connectivity index is 1.83. The van der Waals surface area contributed by atoms with Crippen molar-refractivity contribution in [1.29, 1.82) is 0 Å². The van der Waals surface area contributed by atoms with Gasteiger partial charge in [-0.25, -0.2) is 0 Å². The van der Waals surface area contributed by atoms with Crippen molar-refractivity contribution in [2.45, 2.75) is 31.6 Å². The van der Waals surface area contributed by atoms with Crippen molar-refractivity contribution in [3.63, 3.8) is 0 Å². The molecule has 0 heterocycles. The van der Waals surface area contributed by atoms with E-state index in [1.54, 1.807) is 12.1 Å². The summed E-state index contributed by atoms with van der Waals surface area (Å²) >= 11 is 0. The first-order valence-electron chi connectivity index (χ1n) is 7.82.